The van der Waals surface area contributed by atoms with Crippen LogP contribution < -0.4 is 5.32 Å². The van der Waals surface area contributed by atoms with Gasteiger partial charge in [-0.15, -0.1) is 0 Å². The first-order valence-electron chi connectivity index (χ1n) is 5.63. The van der Waals surface area contributed by atoms with Crippen LogP contribution in [0, 0.1) is 5.92 Å². The lowest BCUT2D eigenvalue weighted by atomic mass is 10.1. The molecule has 0 aliphatic carbocycles. The van der Waals surface area contributed by atoms with Crippen LogP contribution in [0.5, 0.6) is 0 Å². The molecule has 4 heteroatoms. The Morgan fingerprint density at radius 3 is 2.67 bits per heavy atom. The summed E-state index contributed by atoms with van der Waals surface area (Å²) >= 11 is 0. The van der Waals surface area contributed by atoms with Crippen LogP contribution in [0.3, 0.4) is 0 Å². The van der Waals surface area contributed by atoms with Crippen molar-refractivity contribution in [1.82, 2.24) is 10.2 Å². The summed E-state index contributed by atoms with van der Waals surface area (Å²) in [5.74, 6) is -0.182. The van der Waals surface area contributed by atoms with Gasteiger partial charge >= 0.3 is 0 Å². The second-order valence-corrected chi connectivity index (χ2v) is 4.30. The zero-order valence-electron chi connectivity index (χ0n) is 9.75. The molecule has 15 heavy (non-hydrogen) atoms. The van der Waals surface area contributed by atoms with Crippen LogP contribution in [-0.2, 0) is 9.59 Å². The molecule has 0 aromatic carbocycles. The molecule has 1 aliphatic heterocycles. The monoisotopic (exact) mass is 212 g/mol. The molecule has 86 valence electrons. The topological polar surface area (TPSA) is 49.4 Å². The van der Waals surface area contributed by atoms with Crippen LogP contribution in [0.4, 0.5) is 0 Å². The van der Waals surface area contributed by atoms with E-state index in [1.807, 2.05) is 13.8 Å². The molecule has 2 atom stereocenters. The van der Waals surface area contributed by atoms with Gasteiger partial charge in [-0.05, 0) is 19.9 Å². The smallest absolute Gasteiger partial charge is 0.232 e. The molecule has 0 aromatic rings. The molecule has 0 spiro atoms. The number of carbonyl (C=O) groups excluding carboxylic acids is 2. The summed E-state index contributed by atoms with van der Waals surface area (Å²) in [7, 11) is 0. The van der Waals surface area contributed by atoms with Gasteiger partial charge < -0.3 is 5.32 Å². The maximum absolute atomic E-state index is 11.6. The Labute approximate surface area is 91.0 Å². The van der Waals surface area contributed by atoms with Crippen molar-refractivity contribution in [3.8, 4) is 0 Å². The van der Waals surface area contributed by atoms with Gasteiger partial charge in [-0.3, -0.25) is 14.5 Å². The number of likely N-dealkylation sites (tertiary alicyclic amines) is 1. The number of nitrogens with one attached hydrogen (secondary N) is 1. The fraction of sp³-hybridized carbons (Fsp3) is 0.818. The molecule has 1 fully saturated rings. The summed E-state index contributed by atoms with van der Waals surface area (Å²) in [4.78, 5) is 24.5. The average Bonchev–Trinajstić information content (AvgIpc) is 2.42. The van der Waals surface area contributed by atoms with E-state index in [1.54, 1.807) is 0 Å². The molecule has 1 heterocycles. The van der Waals surface area contributed by atoms with Crippen LogP contribution in [0.1, 0.15) is 33.6 Å². The van der Waals surface area contributed by atoms with Gasteiger partial charge in [-0.1, -0.05) is 13.8 Å². The minimum absolute atomic E-state index is 0.0230. The standard InChI is InChI=1S/C11H20N2O2/c1-4-5-12-9(3)7-13-10(14)6-8(2)11(13)15/h8-9,12H,4-7H2,1-3H3. The second kappa shape index (κ2) is 5.26. The van der Waals surface area contributed by atoms with Crippen LogP contribution in [0.25, 0.3) is 0 Å². The van der Waals surface area contributed by atoms with E-state index in [-0.39, 0.29) is 23.8 Å². The highest BCUT2D eigenvalue weighted by molar-refractivity contribution is 6.03. The first-order chi connectivity index (χ1) is 7.06. The Balaban J connectivity index is 2.43. The zero-order valence-corrected chi connectivity index (χ0v) is 9.75. The normalized spacial score (nSPS) is 23.7. The highest BCUT2D eigenvalue weighted by atomic mass is 16.2. The van der Waals surface area contributed by atoms with E-state index in [1.165, 1.54) is 4.90 Å². The van der Waals surface area contributed by atoms with Crippen molar-refractivity contribution in [2.24, 2.45) is 5.92 Å². The van der Waals surface area contributed by atoms with Crippen molar-refractivity contribution in [1.29, 1.82) is 0 Å². The zero-order chi connectivity index (χ0) is 11.4. The van der Waals surface area contributed by atoms with Gasteiger partial charge in [0.1, 0.15) is 0 Å². The van der Waals surface area contributed by atoms with Gasteiger partial charge in [0.05, 0.1) is 0 Å². The Morgan fingerprint density at radius 2 is 2.20 bits per heavy atom. The van der Waals surface area contributed by atoms with Gasteiger partial charge in [0.15, 0.2) is 0 Å². The molecule has 1 N–H and O–H groups in total. The molecule has 0 radical (unpaired) electrons. The summed E-state index contributed by atoms with van der Waals surface area (Å²) in [5.41, 5.74) is 0. The molecule has 2 amide bonds. The molecule has 1 rings (SSSR count). The van der Waals surface area contributed by atoms with Gasteiger partial charge in [0, 0.05) is 24.9 Å². The van der Waals surface area contributed by atoms with Crippen molar-refractivity contribution in [2.45, 2.75) is 39.7 Å². The van der Waals surface area contributed by atoms with Crippen molar-refractivity contribution < 1.29 is 9.59 Å². The number of hydrogen-bond donors (Lipinski definition) is 1. The lowest BCUT2D eigenvalue weighted by Crippen LogP contribution is -2.42. The Kier molecular flexibility index (Phi) is 4.27. The predicted molar refractivity (Wildman–Crippen MR) is 58.3 cm³/mol. The Morgan fingerprint density at radius 1 is 1.53 bits per heavy atom. The number of amides is 2. The fourth-order valence-corrected chi connectivity index (χ4v) is 1.77. The van der Waals surface area contributed by atoms with E-state index in [2.05, 4.69) is 12.2 Å². The first-order valence-corrected chi connectivity index (χ1v) is 5.63. The largest absolute Gasteiger partial charge is 0.312 e. The summed E-state index contributed by atoms with van der Waals surface area (Å²) in [6.07, 6.45) is 1.43. The summed E-state index contributed by atoms with van der Waals surface area (Å²) < 4.78 is 0. The van der Waals surface area contributed by atoms with E-state index in [0.717, 1.165) is 13.0 Å². The van der Waals surface area contributed by atoms with Gasteiger partial charge in [0.2, 0.25) is 11.8 Å². The highest BCUT2D eigenvalue weighted by Gasteiger charge is 2.35. The minimum Gasteiger partial charge on any atom is -0.312 e. The number of imide groups is 1. The van der Waals surface area contributed by atoms with E-state index >= 15 is 0 Å². The summed E-state index contributed by atoms with van der Waals surface area (Å²) in [6, 6.07) is 0.183. The van der Waals surface area contributed by atoms with Crippen LogP contribution in [-0.4, -0.2) is 35.8 Å². The van der Waals surface area contributed by atoms with Crippen LogP contribution in [0.2, 0.25) is 0 Å². The first kappa shape index (κ1) is 12.2. The average molecular weight is 212 g/mol. The molecule has 1 aliphatic rings. The minimum atomic E-state index is -0.129. The third-order valence-corrected chi connectivity index (χ3v) is 2.67. The van der Waals surface area contributed by atoms with E-state index < -0.39 is 0 Å². The summed E-state index contributed by atoms with van der Waals surface area (Å²) in [6.45, 7) is 7.33. The molecule has 0 aromatic heterocycles. The molecule has 1 saturated heterocycles. The molecular weight excluding hydrogens is 192 g/mol. The van der Waals surface area contributed by atoms with Gasteiger partial charge in [0.25, 0.3) is 0 Å². The van der Waals surface area contributed by atoms with E-state index in [0.29, 0.717) is 13.0 Å². The molecule has 2 unspecified atom stereocenters. The van der Waals surface area contributed by atoms with E-state index in [9.17, 15) is 9.59 Å². The molecule has 0 saturated carbocycles. The van der Waals surface area contributed by atoms with Crippen molar-refractivity contribution in [3.05, 3.63) is 0 Å². The quantitative estimate of drug-likeness (QED) is 0.685. The van der Waals surface area contributed by atoms with Gasteiger partial charge in [-0.25, -0.2) is 0 Å². The summed E-state index contributed by atoms with van der Waals surface area (Å²) in [5, 5.41) is 3.27. The van der Waals surface area contributed by atoms with Crippen molar-refractivity contribution >= 4 is 11.8 Å². The SMILES string of the molecule is CCCNC(C)CN1C(=O)CC(C)C1=O. The lowest BCUT2D eigenvalue weighted by Gasteiger charge is -2.20. The third-order valence-electron chi connectivity index (χ3n) is 2.67. The number of rotatable bonds is 5. The maximum atomic E-state index is 11.6. The number of carbonyl (C=O) groups is 2. The molecule has 0 bridgehead atoms. The van der Waals surface area contributed by atoms with E-state index in [4.69, 9.17) is 0 Å². The predicted octanol–water partition coefficient (Wildman–Crippen LogP) is 0.769. The van der Waals surface area contributed by atoms with Crippen LogP contribution >= 0.6 is 0 Å². The molecule has 4 nitrogen and oxygen atoms in total. The van der Waals surface area contributed by atoms with Crippen molar-refractivity contribution in [2.75, 3.05) is 13.1 Å². The van der Waals surface area contributed by atoms with Crippen LogP contribution in [0.15, 0.2) is 0 Å². The Bertz CT molecular complexity index is 253. The maximum Gasteiger partial charge on any atom is 0.232 e. The number of hydrogen-bond acceptors (Lipinski definition) is 3. The number of nitrogens with zero attached hydrogens (tertiary/aromatic N) is 1. The fourth-order valence-electron chi connectivity index (χ4n) is 1.77. The third kappa shape index (κ3) is 3.02. The van der Waals surface area contributed by atoms with Gasteiger partial charge in [-0.2, -0.15) is 0 Å². The Hall–Kier alpha value is -0.900. The highest BCUT2D eigenvalue weighted by Crippen LogP contribution is 2.18. The molecular formula is C11H20N2O2. The van der Waals surface area contributed by atoms with Crippen molar-refractivity contribution in [3.63, 3.8) is 0 Å². The second-order valence-electron chi connectivity index (χ2n) is 4.30. The lowest BCUT2D eigenvalue weighted by molar-refractivity contribution is -0.139.